The van der Waals surface area contributed by atoms with Crippen molar-refractivity contribution >= 4 is 0 Å². The van der Waals surface area contributed by atoms with Gasteiger partial charge in [0.1, 0.15) is 11.4 Å². The van der Waals surface area contributed by atoms with Gasteiger partial charge >= 0.3 is 0 Å². The highest BCUT2D eigenvalue weighted by Crippen LogP contribution is 2.58. The molecular formula is C18H27NO2. The molecule has 3 nitrogen and oxygen atoms in total. The van der Waals surface area contributed by atoms with Gasteiger partial charge in [-0.2, -0.15) is 0 Å². The second-order valence-corrected chi connectivity index (χ2v) is 7.40. The quantitative estimate of drug-likeness (QED) is 0.909. The molecule has 21 heavy (non-hydrogen) atoms. The molecule has 1 heterocycles. The SMILES string of the molecule is COc1cccc2c1C(O)(C1CCN(C)CC1)C(C)(C)C2. The van der Waals surface area contributed by atoms with E-state index in [9.17, 15) is 5.11 Å². The van der Waals surface area contributed by atoms with Gasteiger partial charge in [0.2, 0.25) is 0 Å². The van der Waals surface area contributed by atoms with Crippen LogP contribution in [0.25, 0.3) is 0 Å². The lowest BCUT2D eigenvalue weighted by Gasteiger charge is -2.46. The molecule has 1 aromatic rings. The largest absolute Gasteiger partial charge is 0.496 e. The Hall–Kier alpha value is -1.06. The molecule has 0 radical (unpaired) electrons. The fourth-order valence-corrected chi connectivity index (χ4v) is 4.46. The van der Waals surface area contributed by atoms with E-state index in [1.54, 1.807) is 7.11 Å². The summed E-state index contributed by atoms with van der Waals surface area (Å²) in [7, 11) is 3.87. The van der Waals surface area contributed by atoms with Crippen LogP contribution in [0.3, 0.4) is 0 Å². The first-order chi connectivity index (χ1) is 9.90. The molecule has 0 spiro atoms. The lowest BCUT2D eigenvalue weighted by molar-refractivity contribution is -0.122. The number of likely N-dealkylation sites (tertiary alicyclic amines) is 1. The van der Waals surface area contributed by atoms with Crippen LogP contribution in [0.15, 0.2) is 18.2 Å². The molecule has 1 atom stereocenters. The molecule has 1 fully saturated rings. The van der Waals surface area contributed by atoms with E-state index in [2.05, 4.69) is 31.9 Å². The molecule has 3 rings (SSSR count). The number of ether oxygens (including phenoxy) is 1. The van der Waals surface area contributed by atoms with Crippen molar-refractivity contribution < 1.29 is 9.84 Å². The van der Waals surface area contributed by atoms with Crippen LogP contribution in [0.4, 0.5) is 0 Å². The van der Waals surface area contributed by atoms with E-state index in [0.717, 1.165) is 43.7 Å². The summed E-state index contributed by atoms with van der Waals surface area (Å²) in [5.41, 5.74) is 1.37. The van der Waals surface area contributed by atoms with E-state index in [0.29, 0.717) is 5.92 Å². The van der Waals surface area contributed by atoms with Crippen molar-refractivity contribution in [3.8, 4) is 5.75 Å². The van der Waals surface area contributed by atoms with E-state index in [4.69, 9.17) is 4.74 Å². The third-order valence-electron chi connectivity index (χ3n) is 5.69. The van der Waals surface area contributed by atoms with Crippen LogP contribution in [-0.2, 0) is 12.0 Å². The molecule has 0 bridgehead atoms. The number of nitrogens with zero attached hydrogens (tertiary/aromatic N) is 1. The van der Waals surface area contributed by atoms with Gasteiger partial charge in [-0.05, 0) is 56.9 Å². The second kappa shape index (κ2) is 4.99. The highest BCUT2D eigenvalue weighted by molar-refractivity contribution is 5.50. The van der Waals surface area contributed by atoms with Gasteiger partial charge in [-0.3, -0.25) is 0 Å². The number of methoxy groups -OCH3 is 1. The molecule has 1 aromatic carbocycles. The lowest BCUT2D eigenvalue weighted by Crippen LogP contribution is -2.49. The van der Waals surface area contributed by atoms with E-state index in [-0.39, 0.29) is 5.41 Å². The minimum atomic E-state index is -0.782. The summed E-state index contributed by atoms with van der Waals surface area (Å²) in [5.74, 6) is 1.15. The number of fused-ring (bicyclic) bond motifs is 1. The molecule has 1 N–H and O–H groups in total. The maximum atomic E-state index is 11.8. The third kappa shape index (κ3) is 2.09. The topological polar surface area (TPSA) is 32.7 Å². The van der Waals surface area contributed by atoms with E-state index in [1.807, 2.05) is 12.1 Å². The summed E-state index contributed by atoms with van der Waals surface area (Å²) in [6, 6.07) is 6.17. The van der Waals surface area contributed by atoms with Crippen molar-refractivity contribution in [1.82, 2.24) is 4.90 Å². The van der Waals surface area contributed by atoms with Gasteiger partial charge in [0, 0.05) is 11.0 Å². The molecule has 0 amide bonds. The molecule has 1 aliphatic heterocycles. The van der Waals surface area contributed by atoms with Crippen molar-refractivity contribution in [2.45, 2.75) is 38.7 Å². The zero-order valence-electron chi connectivity index (χ0n) is 13.6. The summed E-state index contributed by atoms with van der Waals surface area (Å²) in [4.78, 5) is 2.35. The summed E-state index contributed by atoms with van der Waals surface area (Å²) >= 11 is 0. The Morgan fingerprint density at radius 2 is 1.90 bits per heavy atom. The molecule has 0 saturated carbocycles. The summed E-state index contributed by atoms with van der Waals surface area (Å²) in [5, 5.41) is 11.8. The minimum absolute atomic E-state index is 0.148. The smallest absolute Gasteiger partial charge is 0.125 e. The maximum Gasteiger partial charge on any atom is 0.125 e. The third-order valence-corrected chi connectivity index (χ3v) is 5.69. The van der Waals surface area contributed by atoms with Crippen molar-refractivity contribution in [3.63, 3.8) is 0 Å². The average molecular weight is 289 g/mol. The fraction of sp³-hybridized carbons (Fsp3) is 0.667. The van der Waals surface area contributed by atoms with Crippen molar-refractivity contribution in [1.29, 1.82) is 0 Å². The van der Waals surface area contributed by atoms with Gasteiger partial charge in [-0.15, -0.1) is 0 Å². The average Bonchev–Trinajstić information content (AvgIpc) is 2.67. The van der Waals surface area contributed by atoms with E-state index >= 15 is 0 Å². The van der Waals surface area contributed by atoms with Crippen LogP contribution < -0.4 is 4.74 Å². The molecular weight excluding hydrogens is 262 g/mol. The molecule has 1 saturated heterocycles. The van der Waals surface area contributed by atoms with Gasteiger partial charge in [0.05, 0.1) is 7.11 Å². The summed E-state index contributed by atoms with van der Waals surface area (Å²) < 4.78 is 5.59. The maximum absolute atomic E-state index is 11.8. The molecule has 1 unspecified atom stereocenters. The first-order valence-corrected chi connectivity index (χ1v) is 7.97. The van der Waals surface area contributed by atoms with Crippen LogP contribution in [0.5, 0.6) is 5.75 Å². The Kier molecular flexibility index (Phi) is 3.53. The van der Waals surface area contributed by atoms with E-state index < -0.39 is 5.60 Å². The first-order valence-electron chi connectivity index (χ1n) is 7.97. The lowest BCUT2D eigenvalue weighted by atomic mass is 9.65. The van der Waals surface area contributed by atoms with Gasteiger partial charge < -0.3 is 14.7 Å². The summed E-state index contributed by atoms with van der Waals surface area (Å²) in [6.07, 6.45) is 3.02. The van der Waals surface area contributed by atoms with Crippen LogP contribution >= 0.6 is 0 Å². The van der Waals surface area contributed by atoms with Crippen LogP contribution in [-0.4, -0.2) is 37.3 Å². The van der Waals surface area contributed by atoms with Crippen LogP contribution in [0.1, 0.15) is 37.8 Å². The van der Waals surface area contributed by atoms with Crippen molar-refractivity contribution in [2.75, 3.05) is 27.2 Å². The zero-order valence-corrected chi connectivity index (χ0v) is 13.6. The molecule has 2 aliphatic rings. The predicted octanol–water partition coefficient (Wildman–Crippen LogP) is 2.81. The second-order valence-electron chi connectivity index (χ2n) is 7.40. The molecule has 116 valence electrons. The Morgan fingerprint density at radius 1 is 1.24 bits per heavy atom. The Balaban J connectivity index is 2.08. The van der Waals surface area contributed by atoms with Gasteiger partial charge in [0.25, 0.3) is 0 Å². The molecule has 1 aliphatic carbocycles. The highest BCUT2D eigenvalue weighted by Gasteiger charge is 2.57. The Bertz CT molecular complexity index is 532. The monoisotopic (exact) mass is 289 g/mol. The number of piperidine rings is 1. The number of rotatable bonds is 2. The number of hydrogen-bond donors (Lipinski definition) is 1. The van der Waals surface area contributed by atoms with E-state index in [1.165, 1.54) is 5.56 Å². The predicted molar refractivity (Wildman–Crippen MR) is 84.6 cm³/mol. The number of hydrogen-bond acceptors (Lipinski definition) is 3. The van der Waals surface area contributed by atoms with Crippen LogP contribution in [0.2, 0.25) is 0 Å². The van der Waals surface area contributed by atoms with Gasteiger partial charge in [-0.25, -0.2) is 0 Å². The zero-order chi connectivity index (χ0) is 15.3. The van der Waals surface area contributed by atoms with Crippen LogP contribution in [0, 0.1) is 11.3 Å². The number of aliphatic hydroxyl groups is 1. The normalized spacial score (nSPS) is 29.4. The van der Waals surface area contributed by atoms with Gasteiger partial charge in [-0.1, -0.05) is 26.0 Å². The molecule has 0 aromatic heterocycles. The minimum Gasteiger partial charge on any atom is -0.496 e. The first kappa shape index (κ1) is 14.9. The Morgan fingerprint density at radius 3 is 2.52 bits per heavy atom. The number of benzene rings is 1. The standard InChI is InChI=1S/C18H27NO2/c1-17(2)12-13-6-5-7-15(21-4)16(13)18(17,20)14-8-10-19(3)11-9-14/h5-7,14,20H,8-12H2,1-4H3. The summed E-state index contributed by atoms with van der Waals surface area (Å²) in [6.45, 7) is 6.52. The van der Waals surface area contributed by atoms with Crippen molar-refractivity contribution in [3.05, 3.63) is 29.3 Å². The molecule has 3 heteroatoms. The highest BCUT2D eigenvalue weighted by atomic mass is 16.5. The van der Waals surface area contributed by atoms with Crippen molar-refractivity contribution in [2.24, 2.45) is 11.3 Å². The Labute approximate surface area is 127 Å². The van der Waals surface area contributed by atoms with Gasteiger partial charge in [0.15, 0.2) is 0 Å². The fourth-order valence-electron chi connectivity index (χ4n) is 4.46.